The lowest BCUT2D eigenvalue weighted by atomic mass is 9.92. The molecule has 0 radical (unpaired) electrons. The van der Waals surface area contributed by atoms with Crippen LogP contribution in [0.1, 0.15) is 71.4 Å². The average molecular weight is 807 g/mol. The summed E-state index contributed by atoms with van der Waals surface area (Å²) in [6.07, 6.45) is 2.31. The Morgan fingerprint density at radius 1 is 0.759 bits per heavy atom. The molecule has 4 amide bonds. The number of hydrogen-bond donors (Lipinski definition) is 5. The van der Waals surface area contributed by atoms with Gasteiger partial charge in [0.2, 0.25) is 30.2 Å². The third-order valence-corrected chi connectivity index (χ3v) is 10.1. The molecule has 4 rings (SSSR count). The molecule has 15 heteroatoms. The van der Waals surface area contributed by atoms with Gasteiger partial charge in [0.05, 0.1) is 32.4 Å². The number of rotatable bonds is 24. The fourth-order valence-electron chi connectivity index (χ4n) is 6.72. The Labute approximate surface area is 342 Å². The number of amides is 4. The summed E-state index contributed by atoms with van der Waals surface area (Å²) < 4.78 is 11.1. The van der Waals surface area contributed by atoms with Crippen molar-refractivity contribution in [1.82, 2.24) is 26.2 Å². The molecule has 0 spiro atoms. The second kappa shape index (κ2) is 22.9. The van der Waals surface area contributed by atoms with E-state index in [1.807, 2.05) is 93.3 Å². The zero-order chi connectivity index (χ0) is 42.1. The topological polar surface area (TPSA) is 200 Å². The van der Waals surface area contributed by atoms with Crippen molar-refractivity contribution >= 4 is 35.3 Å². The zero-order valence-corrected chi connectivity index (χ0v) is 34.5. The summed E-state index contributed by atoms with van der Waals surface area (Å²) in [5.41, 5.74) is 1.29. The van der Waals surface area contributed by atoms with E-state index in [0.717, 1.165) is 11.1 Å². The Kier molecular flexibility index (Phi) is 18.1. The van der Waals surface area contributed by atoms with Gasteiger partial charge >= 0.3 is 5.97 Å². The van der Waals surface area contributed by atoms with E-state index in [4.69, 9.17) is 19.4 Å². The number of carboxylic acid groups (broad SMARTS) is 1. The van der Waals surface area contributed by atoms with Gasteiger partial charge in [-0.15, -0.1) is 0 Å². The summed E-state index contributed by atoms with van der Waals surface area (Å²) in [5.74, 6) is -2.73. The van der Waals surface area contributed by atoms with Crippen molar-refractivity contribution in [3.8, 4) is 0 Å². The number of epoxide rings is 1. The first kappa shape index (κ1) is 45.8. The van der Waals surface area contributed by atoms with Crippen LogP contribution in [0.5, 0.6) is 0 Å². The molecule has 2 fully saturated rings. The predicted octanol–water partition coefficient (Wildman–Crippen LogP) is 2.86. The lowest BCUT2D eigenvalue weighted by molar-refractivity contribution is -0.142. The Hall–Kier alpha value is -4.86. The molecule has 0 bridgehead atoms. The molecular formula is C43H62N6O9. The van der Waals surface area contributed by atoms with Crippen LogP contribution in [0.4, 0.5) is 0 Å². The van der Waals surface area contributed by atoms with Crippen LogP contribution in [0.15, 0.2) is 65.8 Å². The first-order valence-corrected chi connectivity index (χ1v) is 20.4. The molecule has 0 aromatic heterocycles. The second-order valence-electron chi connectivity index (χ2n) is 16.2. The summed E-state index contributed by atoms with van der Waals surface area (Å²) in [5, 5.41) is 25.2. The molecule has 2 aliphatic rings. The molecule has 2 aliphatic heterocycles. The zero-order valence-electron chi connectivity index (χ0n) is 34.5. The average Bonchev–Trinajstić information content (AvgIpc) is 3.94. The third kappa shape index (κ3) is 15.8. The number of aryl methyl sites for hydroxylation is 1. The normalized spacial score (nSPS) is 19.1. The first-order valence-electron chi connectivity index (χ1n) is 20.4. The molecule has 2 aromatic carbocycles. The van der Waals surface area contributed by atoms with Crippen LogP contribution in [0, 0.1) is 11.8 Å². The van der Waals surface area contributed by atoms with Gasteiger partial charge in [0.25, 0.3) is 0 Å². The number of nitrogens with zero attached hydrogens (tertiary/aromatic N) is 2. The molecule has 5 atom stereocenters. The lowest BCUT2D eigenvalue weighted by Crippen LogP contribution is -2.59. The largest absolute Gasteiger partial charge is 0.479 e. The number of benzene rings is 2. The number of carbonyl (C=O) groups is 5. The van der Waals surface area contributed by atoms with E-state index in [2.05, 4.69) is 26.4 Å². The van der Waals surface area contributed by atoms with E-state index in [0.29, 0.717) is 70.7 Å². The summed E-state index contributed by atoms with van der Waals surface area (Å²) in [7, 11) is 0. The summed E-state index contributed by atoms with van der Waals surface area (Å²) in [6, 6.07) is 15.2. The van der Waals surface area contributed by atoms with E-state index in [1.54, 1.807) is 6.92 Å². The number of nitrogens with one attached hydrogen (secondary N) is 4. The van der Waals surface area contributed by atoms with Gasteiger partial charge in [0.1, 0.15) is 29.4 Å². The van der Waals surface area contributed by atoms with Crippen molar-refractivity contribution in [2.45, 2.75) is 103 Å². The maximum absolute atomic E-state index is 14.3. The molecule has 2 saturated heterocycles. The Morgan fingerprint density at radius 2 is 1.31 bits per heavy atom. The van der Waals surface area contributed by atoms with E-state index in [-0.39, 0.29) is 30.7 Å². The highest BCUT2D eigenvalue weighted by Crippen LogP contribution is 2.31. The van der Waals surface area contributed by atoms with E-state index in [9.17, 15) is 24.0 Å². The highest BCUT2D eigenvalue weighted by molar-refractivity contribution is 6.01. The van der Waals surface area contributed by atoms with Gasteiger partial charge in [-0.1, -0.05) is 93.5 Å². The molecule has 2 aromatic rings. The molecular weight excluding hydrogens is 745 g/mol. The van der Waals surface area contributed by atoms with Crippen LogP contribution in [-0.2, 0) is 51.1 Å². The predicted molar refractivity (Wildman–Crippen MR) is 219 cm³/mol. The van der Waals surface area contributed by atoms with Crippen LogP contribution in [0.3, 0.4) is 0 Å². The summed E-state index contributed by atoms with van der Waals surface area (Å²) >= 11 is 0. The third-order valence-electron chi connectivity index (χ3n) is 10.1. The number of hydrogen-bond acceptors (Lipinski definition) is 10. The quantitative estimate of drug-likeness (QED) is 0.0597. The maximum Gasteiger partial charge on any atom is 0.344 e. The number of ether oxygens (including phenoxy) is 2. The fourth-order valence-corrected chi connectivity index (χ4v) is 6.72. The minimum absolute atomic E-state index is 0.0827. The molecule has 15 nitrogen and oxygen atoms in total. The van der Waals surface area contributed by atoms with Gasteiger partial charge in [-0.25, -0.2) is 4.79 Å². The van der Waals surface area contributed by atoms with Crippen LogP contribution in [0.2, 0.25) is 0 Å². The number of aliphatic carboxylic acids is 1. The maximum atomic E-state index is 14.3. The summed E-state index contributed by atoms with van der Waals surface area (Å²) in [4.78, 5) is 74.4. The van der Waals surface area contributed by atoms with E-state index < -0.39 is 60.1 Å². The van der Waals surface area contributed by atoms with Gasteiger partial charge in [0, 0.05) is 19.5 Å². The highest BCUT2D eigenvalue weighted by atomic mass is 16.6. The van der Waals surface area contributed by atoms with Gasteiger partial charge in [-0.05, 0) is 62.0 Å². The van der Waals surface area contributed by atoms with Gasteiger partial charge < -0.3 is 40.7 Å². The Balaban J connectivity index is 1.57. The molecule has 0 saturated carbocycles. The highest BCUT2D eigenvalue weighted by Gasteiger charge is 2.49. The number of oxime groups is 1. The number of carbonyl (C=O) groups excluding carboxylic acids is 4. The smallest absolute Gasteiger partial charge is 0.344 e. The second-order valence-corrected chi connectivity index (χ2v) is 16.2. The Morgan fingerprint density at radius 3 is 1.88 bits per heavy atom. The minimum atomic E-state index is -1.20. The number of morpholine rings is 1. The lowest BCUT2D eigenvalue weighted by Gasteiger charge is -2.29. The SMILES string of the molecule is CC(C)CC[C@H](NC(=O)[C@H](CCc1ccccc1)NC(=O)CN1CCOCC1)C(=O)N[C@@H](Cc1ccccc1)C(=O)N[C@@H](CC(C)C)/C(=N/OCC(=O)O)[C@@]1(C)CO1. The fraction of sp³-hybridized carbons (Fsp3) is 0.581. The first-order chi connectivity index (χ1) is 27.7. The molecule has 2 heterocycles. The summed E-state index contributed by atoms with van der Waals surface area (Å²) in [6.45, 7) is 11.9. The van der Waals surface area contributed by atoms with Gasteiger partial charge in [-0.3, -0.25) is 24.1 Å². The van der Waals surface area contributed by atoms with Crippen molar-refractivity contribution in [3.63, 3.8) is 0 Å². The molecule has 5 N–H and O–H groups in total. The molecule has 0 aliphatic carbocycles. The molecule has 0 unspecified atom stereocenters. The van der Waals surface area contributed by atoms with Crippen molar-refractivity contribution < 1.29 is 43.4 Å². The van der Waals surface area contributed by atoms with Crippen molar-refractivity contribution in [1.29, 1.82) is 0 Å². The van der Waals surface area contributed by atoms with Crippen molar-refractivity contribution in [2.75, 3.05) is 46.1 Å². The van der Waals surface area contributed by atoms with Crippen LogP contribution in [0.25, 0.3) is 0 Å². The van der Waals surface area contributed by atoms with Crippen LogP contribution >= 0.6 is 0 Å². The molecule has 58 heavy (non-hydrogen) atoms. The minimum Gasteiger partial charge on any atom is -0.479 e. The van der Waals surface area contributed by atoms with Crippen molar-refractivity contribution in [3.05, 3.63) is 71.8 Å². The van der Waals surface area contributed by atoms with Crippen molar-refractivity contribution in [2.24, 2.45) is 17.0 Å². The van der Waals surface area contributed by atoms with Crippen LogP contribution in [-0.4, -0.2) is 121 Å². The monoisotopic (exact) mass is 806 g/mol. The standard InChI is InChI=1S/C43H62N6O9/c1-29(2)16-18-34(45-40(53)33(19-17-31-12-8-6-9-13-31)44-37(50)26-49-20-22-56-23-21-49)41(54)47-36(25-32-14-10-7-11-15-32)42(55)46-35(24-30(3)4)39(43(5)28-57-43)48-58-27-38(51)52/h6-15,29-30,33-36H,16-28H2,1-5H3,(H,44,50)(H,45,53)(H,46,55)(H,47,54)(H,51,52)/b48-39-/t33-,34-,35-,36-,43+/m0/s1. The van der Waals surface area contributed by atoms with E-state index >= 15 is 0 Å². The van der Waals surface area contributed by atoms with Gasteiger partial charge in [0.15, 0.2) is 0 Å². The van der Waals surface area contributed by atoms with Gasteiger partial charge in [-0.2, -0.15) is 0 Å². The van der Waals surface area contributed by atoms with Crippen LogP contribution < -0.4 is 21.3 Å². The number of carboxylic acids is 1. The molecule has 318 valence electrons. The van der Waals surface area contributed by atoms with E-state index in [1.165, 1.54) is 0 Å². The Bertz CT molecular complexity index is 1660.